The molecule has 4 heteroatoms. The minimum absolute atomic E-state index is 0.318. The number of hydrogen-bond donors (Lipinski definition) is 1. The first-order chi connectivity index (χ1) is 7.40. The Kier molecular flexibility index (Phi) is 3.95. The Morgan fingerprint density at radius 3 is 3.07 bits per heavy atom. The molecule has 0 aromatic heterocycles. The molecule has 0 aromatic rings. The van der Waals surface area contributed by atoms with Crippen LogP contribution in [0.4, 0.5) is 0 Å². The second-order valence-corrected chi connectivity index (χ2v) is 4.33. The lowest BCUT2D eigenvalue weighted by molar-refractivity contribution is -0.0298. The summed E-state index contributed by atoms with van der Waals surface area (Å²) in [6.45, 7) is 4.68. The van der Waals surface area contributed by atoms with E-state index in [1.54, 1.807) is 0 Å². The zero-order valence-electron chi connectivity index (χ0n) is 9.11. The van der Waals surface area contributed by atoms with Crippen molar-refractivity contribution in [3.63, 3.8) is 0 Å². The van der Waals surface area contributed by atoms with Gasteiger partial charge >= 0.3 is 0 Å². The molecular formula is C11H19N3O. The number of morpholine rings is 1. The van der Waals surface area contributed by atoms with Gasteiger partial charge in [-0.25, -0.2) is 0 Å². The van der Waals surface area contributed by atoms with Gasteiger partial charge in [-0.15, -0.1) is 0 Å². The first-order valence-electron chi connectivity index (χ1n) is 5.83. The van der Waals surface area contributed by atoms with Gasteiger partial charge in [0.05, 0.1) is 18.8 Å². The van der Waals surface area contributed by atoms with Gasteiger partial charge < -0.3 is 10.1 Å². The van der Waals surface area contributed by atoms with Crippen molar-refractivity contribution in [2.24, 2.45) is 0 Å². The Morgan fingerprint density at radius 1 is 1.47 bits per heavy atom. The van der Waals surface area contributed by atoms with Crippen LogP contribution in [-0.4, -0.2) is 49.8 Å². The topological polar surface area (TPSA) is 48.3 Å². The van der Waals surface area contributed by atoms with Gasteiger partial charge in [0, 0.05) is 38.6 Å². The Bertz CT molecular complexity index is 234. The second kappa shape index (κ2) is 5.45. The Hall–Kier alpha value is -0.630. The number of nitrogens with one attached hydrogen (secondary N) is 1. The Balaban J connectivity index is 1.62. The summed E-state index contributed by atoms with van der Waals surface area (Å²) in [6, 6.07) is 2.97. The average molecular weight is 209 g/mol. The number of rotatable bonds is 5. The van der Waals surface area contributed by atoms with Crippen molar-refractivity contribution < 1.29 is 4.74 Å². The fourth-order valence-electron chi connectivity index (χ4n) is 2.04. The van der Waals surface area contributed by atoms with Gasteiger partial charge in [0.15, 0.2) is 0 Å². The maximum Gasteiger partial charge on any atom is 0.0826 e. The molecule has 84 valence electrons. The van der Waals surface area contributed by atoms with E-state index in [2.05, 4.69) is 16.3 Å². The molecule has 0 unspecified atom stereocenters. The van der Waals surface area contributed by atoms with E-state index in [1.807, 2.05) is 0 Å². The van der Waals surface area contributed by atoms with Crippen molar-refractivity contribution in [2.75, 3.05) is 32.8 Å². The average Bonchev–Trinajstić information content (AvgIpc) is 3.09. The second-order valence-electron chi connectivity index (χ2n) is 4.33. The summed E-state index contributed by atoms with van der Waals surface area (Å²) >= 11 is 0. The number of ether oxygens (including phenoxy) is 1. The third-order valence-corrected chi connectivity index (χ3v) is 3.02. The van der Waals surface area contributed by atoms with Crippen molar-refractivity contribution in [3.8, 4) is 6.07 Å². The molecule has 1 saturated carbocycles. The standard InChI is InChI=1S/C11H19N3O/c12-4-1-5-13-8-11-9-14(6-7-15-11)10-2-3-10/h10-11,13H,1-3,5-9H2/t11-/m1/s1. The lowest BCUT2D eigenvalue weighted by Crippen LogP contribution is -2.47. The van der Waals surface area contributed by atoms with Gasteiger partial charge in [-0.2, -0.15) is 5.26 Å². The van der Waals surface area contributed by atoms with Crippen LogP contribution in [0.25, 0.3) is 0 Å². The first-order valence-corrected chi connectivity index (χ1v) is 5.83. The Morgan fingerprint density at radius 2 is 2.33 bits per heavy atom. The predicted molar refractivity (Wildman–Crippen MR) is 57.4 cm³/mol. The molecule has 15 heavy (non-hydrogen) atoms. The van der Waals surface area contributed by atoms with Crippen molar-refractivity contribution in [1.29, 1.82) is 5.26 Å². The molecule has 0 radical (unpaired) electrons. The van der Waals surface area contributed by atoms with Crippen molar-refractivity contribution >= 4 is 0 Å². The summed E-state index contributed by atoms with van der Waals surface area (Å²) in [5.41, 5.74) is 0. The molecule has 1 aliphatic heterocycles. The largest absolute Gasteiger partial charge is 0.374 e. The fraction of sp³-hybridized carbons (Fsp3) is 0.909. The van der Waals surface area contributed by atoms with Crippen LogP contribution in [0.15, 0.2) is 0 Å². The van der Waals surface area contributed by atoms with Crippen LogP contribution in [0.2, 0.25) is 0 Å². The lowest BCUT2D eigenvalue weighted by Gasteiger charge is -2.33. The molecule has 2 fully saturated rings. The van der Waals surface area contributed by atoms with Gasteiger partial charge in [0.1, 0.15) is 0 Å². The van der Waals surface area contributed by atoms with E-state index in [0.29, 0.717) is 12.5 Å². The zero-order chi connectivity index (χ0) is 10.5. The van der Waals surface area contributed by atoms with E-state index in [0.717, 1.165) is 38.8 Å². The summed E-state index contributed by atoms with van der Waals surface area (Å²) < 4.78 is 5.68. The lowest BCUT2D eigenvalue weighted by atomic mass is 10.2. The highest BCUT2D eigenvalue weighted by atomic mass is 16.5. The highest BCUT2D eigenvalue weighted by Crippen LogP contribution is 2.27. The molecular weight excluding hydrogens is 190 g/mol. The smallest absolute Gasteiger partial charge is 0.0826 e. The summed E-state index contributed by atoms with van der Waals surface area (Å²) in [4.78, 5) is 2.54. The van der Waals surface area contributed by atoms with E-state index < -0.39 is 0 Å². The molecule has 0 spiro atoms. The molecule has 2 rings (SSSR count). The molecule has 0 aromatic carbocycles. The van der Waals surface area contributed by atoms with Crippen molar-refractivity contribution in [3.05, 3.63) is 0 Å². The molecule has 4 nitrogen and oxygen atoms in total. The molecule has 1 heterocycles. The number of nitrogens with zero attached hydrogens (tertiary/aromatic N) is 2. The first kappa shape index (κ1) is 10.9. The third-order valence-electron chi connectivity index (χ3n) is 3.02. The number of hydrogen-bond acceptors (Lipinski definition) is 4. The van der Waals surface area contributed by atoms with Gasteiger partial charge in [-0.3, -0.25) is 4.90 Å². The Labute approximate surface area is 91.2 Å². The van der Waals surface area contributed by atoms with E-state index in [1.165, 1.54) is 12.8 Å². The van der Waals surface area contributed by atoms with Crippen molar-refractivity contribution in [2.45, 2.75) is 31.4 Å². The van der Waals surface area contributed by atoms with Gasteiger partial charge in [0.25, 0.3) is 0 Å². The highest BCUT2D eigenvalue weighted by Gasteiger charge is 2.32. The molecule has 0 amide bonds. The van der Waals surface area contributed by atoms with Crippen LogP contribution in [0.3, 0.4) is 0 Å². The summed E-state index contributed by atoms with van der Waals surface area (Å²) in [6.07, 6.45) is 3.64. The molecule has 1 aliphatic carbocycles. The van der Waals surface area contributed by atoms with E-state index in [4.69, 9.17) is 10.00 Å². The van der Waals surface area contributed by atoms with Gasteiger partial charge in [-0.1, -0.05) is 0 Å². The van der Waals surface area contributed by atoms with Crippen LogP contribution >= 0.6 is 0 Å². The molecule has 2 aliphatic rings. The third kappa shape index (κ3) is 3.45. The molecule has 1 atom stereocenters. The van der Waals surface area contributed by atoms with Crippen LogP contribution < -0.4 is 5.32 Å². The van der Waals surface area contributed by atoms with Crippen molar-refractivity contribution in [1.82, 2.24) is 10.2 Å². The normalized spacial score (nSPS) is 27.5. The highest BCUT2D eigenvalue weighted by molar-refractivity contribution is 4.88. The summed E-state index contributed by atoms with van der Waals surface area (Å²) in [5.74, 6) is 0. The monoisotopic (exact) mass is 209 g/mol. The fourth-order valence-corrected chi connectivity index (χ4v) is 2.04. The van der Waals surface area contributed by atoms with Crippen LogP contribution in [-0.2, 0) is 4.74 Å². The van der Waals surface area contributed by atoms with Gasteiger partial charge in [-0.05, 0) is 12.8 Å². The minimum Gasteiger partial charge on any atom is -0.374 e. The van der Waals surface area contributed by atoms with E-state index >= 15 is 0 Å². The quantitative estimate of drug-likeness (QED) is 0.664. The van der Waals surface area contributed by atoms with Gasteiger partial charge in [0.2, 0.25) is 0 Å². The summed E-state index contributed by atoms with van der Waals surface area (Å²) in [5, 5.41) is 11.7. The molecule has 1 saturated heterocycles. The zero-order valence-corrected chi connectivity index (χ0v) is 9.11. The SMILES string of the molecule is N#CCCNC[C@@H]1CN(C2CC2)CCO1. The van der Waals surface area contributed by atoms with Crippen LogP contribution in [0, 0.1) is 11.3 Å². The minimum atomic E-state index is 0.318. The van der Waals surface area contributed by atoms with Crippen LogP contribution in [0.1, 0.15) is 19.3 Å². The maximum absolute atomic E-state index is 8.40. The number of nitriles is 1. The van der Waals surface area contributed by atoms with Crippen LogP contribution in [0.5, 0.6) is 0 Å². The molecule has 0 bridgehead atoms. The maximum atomic E-state index is 8.40. The molecule has 1 N–H and O–H groups in total. The van der Waals surface area contributed by atoms with E-state index in [9.17, 15) is 0 Å². The summed E-state index contributed by atoms with van der Waals surface area (Å²) in [7, 11) is 0. The predicted octanol–water partition coefficient (Wildman–Crippen LogP) is 0.353. The van der Waals surface area contributed by atoms with E-state index in [-0.39, 0.29) is 0 Å².